The second kappa shape index (κ2) is 5.79. The maximum absolute atomic E-state index is 12.5. The van der Waals surface area contributed by atoms with Gasteiger partial charge in [0.05, 0.1) is 6.54 Å². The maximum atomic E-state index is 12.5. The standard InChI is InChI=1S/C16H19N3O3/c1-11-3-2-4-12(9-11)15(21)18-7-5-13(6-8-18)19-14(20)10-17-16(19)22/h2-4,9,13H,5-8,10H2,1H3,(H,17,22). The van der Waals surface area contributed by atoms with Gasteiger partial charge in [0.1, 0.15) is 0 Å². The Bertz CT molecular complexity index is 605. The minimum atomic E-state index is -0.312. The minimum Gasteiger partial charge on any atom is -0.338 e. The van der Waals surface area contributed by atoms with Crippen LogP contribution in [0, 0.1) is 6.92 Å². The number of hydrogen-bond acceptors (Lipinski definition) is 3. The number of carbonyl (C=O) groups is 3. The van der Waals surface area contributed by atoms with Gasteiger partial charge >= 0.3 is 6.03 Å². The number of hydrogen-bond donors (Lipinski definition) is 1. The molecule has 0 atom stereocenters. The third-order valence-corrected chi connectivity index (χ3v) is 4.26. The smallest absolute Gasteiger partial charge is 0.324 e. The average Bonchev–Trinajstić information content (AvgIpc) is 2.86. The summed E-state index contributed by atoms with van der Waals surface area (Å²) in [4.78, 5) is 39.0. The average molecular weight is 301 g/mol. The van der Waals surface area contributed by atoms with Crippen LogP contribution in [0.1, 0.15) is 28.8 Å². The summed E-state index contributed by atoms with van der Waals surface area (Å²) in [6.07, 6.45) is 1.27. The third kappa shape index (κ3) is 2.68. The molecule has 2 aliphatic rings. The van der Waals surface area contributed by atoms with Gasteiger partial charge in [-0.3, -0.25) is 14.5 Å². The molecule has 2 saturated heterocycles. The highest BCUT2D eigenvalue weighted by Gasteiger charge is 2.37. The number of benzene rings is 1. The van der Waals surface area contributed by atoms with Crippen LogP contribution in [0.5, 0.6) is 0 Å². The van der Waals surface area contributed by atoms with E-state index in [1.807, 2.05) is 31.2 Å². The van der Waals surface area contributed by atoms with Gasteiger partial charge in [-0.1, -0.05) is 17.7 Å². The molecule has 0 radical (unpaired) electrons. The fraction of sp³-hybridized carbons (Fsp3) is 0.438. The predicted octanol–water partition coefficient (Wildman–Crippen LogP) is 1.15. The Hall–Kier alpha value is -2.37. The molecule has 1 aromatic rings. The molecule has 0 unspecified atom stereocenters. The number of carbonyl (C=O) groups excluding carboxylic acids is 3. The van der Waals surface area contributed by atoms with Crippen LogP contribution in [0.25, 0.3) is 0 Å². The van der Waals surface area contributed by atoms with Gasteiger partial charge in [-0.2, -0.15) is 0 Å². The van der Waals surface area contributed by atoms with E-state index < -0.39 is 0 Å². The Morgan fingerprint density at radius 1 is 1.23 bits per heavy atom. The molecule has 0 aliphatic carbocycles. The van der Waals surface area contributed by atoms with Crippen molar-refractivity contribution >= 4 is 17.8 Å². The molecule has 0 aromatic heterocycles. The first-order chi connectivity index (χ1) is 10.6. The molecule has 4 amide bonds. The van der Waals surface area contributed by atoms with Crippen molar-refractivity contribution in [2.45, 2.75) is 25.8 Å². The SMILES string of the molecule is Cc1cccc(C(=O)N2CCC(N3C(=O)CNC3=O)CC2)c1. The van der Waals surface area contributed by atoms with E-state index in [1.165, 1.54) is 4.90 Å². The van der Waals surface area contributed by atoms with E-state index in [9.17, 15) is 14.4 Å². The molecule has 0 saturated carbocycles. The molecule has 1 N–H and O–H groups in total. The monoisotopic (exact) mass is 301 g/mol. The van der Waals surface area contributed by atoms with Crippen LogP contribution in [0.15, 0.2) is 24.3 Å². The fourth-order valence-electron chi connectivity index (χ4n) is 3.09. The van der Waals surface area contributed by atoms with E-state index in [1.54, 1.807) is 4.90 Å². The summed E-state index contributed by atoms with van der Waals surface area (Å²) in [6, 6.07) is 7.12. The number of nitrogens with one attached hydrogen (secondary N) is 1. The number of urea groups is 1. The Labute approximate surface area is 129 Å². The number of piperidine rings is 1. The summed E-state index contributed by atoms with van der Waals surface area (Å²) < 4.78 is 0. The molecule has 6 heteroatoms. The Morgan fingerprint density at radius 3 is 2.55 bits per heavy atom. The first kappa shape index (κ1) is 14.6. The van der Waals surface area contributed by atoms with Gasteiger partial charge < -0.3 is 10.2 Å². The summed E-state index contributed by atoms with van der Waals surface area (Å²) >= 11 is 0. The Morgan fingerprint density at radius 2 is 1.95 bits per heavy atom. The number of amides is 4. The highest BCUT2D eigenvalue weighted by atomic mass is 16.2. The summed E-state index contributed by atoms with van der Waals surface area (Å²) in [5.41, 5.74) is 1.74. The van der Waals surface area contributed by atoms with Crippen molar-refractivity contribution in [3.8, 4) is 0 Å². The van der Waals surface area contributed by atoms with E-state index >= 15 is 0 Å². The first-order valence-electron chi connectivity index (χ1n) is 7.52. The lowest BCUT2D eigenvalue weighted by Crippen LogP contribution is -2.49. The zero-order chi connectivity index (χ0) is 15.7. The largest absolute Gasteiger partial charge is 0.338 e. The molecule has 116 valence electrons. The van der Waals surface area contributed by atoms with E-state index in [0.717, 1.165) is 5.56 Å². The van der Waals surface area contributed by atoms with Crippen molar-refractivity contribution < 1.29 is 14.4 Å². The van der Waals surface area contributed by atoms with Gasteiger partial charge in [0.15, 0.2) is 0 Å². The van der Waals surface area contributed by atoms with E-state index in [2.05, 4.69) is 5.32 Å². The van der Waals surface area contributed by atoms with Crippen LogP contribution in [0.4, 0.5) is 4.79 Å². The van der Waals surface area contributed by atoms with Crippen LogP contribution >= 0.6 is 0 Å². The van der Waals surface area contributed by atoms with Crippen molar-refractivity contribution in [2.24, 2.45) is 0 Å². The van der Waals surface area contributed by atoms with Crippen LogP contribution < -0.4 is 5.32 Å². The van der Waals surface area contributed by atoms with Crippen LogP contribution in [0.3, 0.4) is 0 Å². The van der Waals surface area contributed by atoms with Gasteiger partial charge in [-0.25, -0.2) is 4.79 Å². The molecular formula is C16H19N3O3. The van der Waals surface area contributed by atoms with Gasteiger partial charge in [0.2, 0.25) is 5.91 Å². The lowest BCUT2D eigenvalue weighted by molar-refractivity contribution is -0.127. The van der Waals surface area contributed by atoms with E-state index in [-0.39, 0.29) is 30.4 Å². The summed E-state index contributed by atoms with van der Waals surface area (Å²) in [6.45, 7) is 3.17. The van der Waals surface area contributed by atoms with Gasteiger partial charge in [0, 0.05) is 24.7 Å². The van der Waals surface area contributed by atoms with Crippen LogP contribution in [-0.2, 0) is 4.79 Å². The molecule has 0 bridgehead atoms. The predicted molar refractivity (Wildman–Crippen MR) is 80.3 cm³/mol. The van der Waals surface area contributed by atoms with E-state index in [4.69, 9.17) is 0 Å². The molecular weight excluding hydrogens is 282 g/mol. The Balaban J connectivity index is 1.63. The van der Waals surface area contributed by atoms with Crippen molar-refractivity contribution in [3.63, 3.8) is 0 Å². The lowest BCUT2D eigenvalue weighted by Gasteiger charge is -2.35. The highest BCUT2D eigenvalue weighted by molar-refractivity contribution is 6.02. The first-order valence-corrected chi connectivity index (χ1v) is 7.52. The molecule has 22 heavy (non-hydrogen) atoms. The minimum absolute atomic E-state index is 0.0133. The van der Waals surface area contributed by atoms with Crippen LogP contribution in [-0.4, -0.2) is 53.3 Å². The summed E-state index contributed by atoms with van der Waals surface area (Å²) in [5.74, 6) is -0.159. The number of aryl methyl sites for hydroxylation is 1. The number of rotatable bonds is 2. The van der Waals surface area contributed by atoms with Gasteiger partial charge in [-0.15, -0.1) is 0 Å². The van der Waals surface area contributed by atoms with Crippen molar-refractivity contribution in [1.29, 1.82) is 0 Å². The second-order valence-electron chi connectivity index (χ2n) is 5.82. The van der Waals surface area contributed by atoms with Crippen molar-refractivity contribution in [2.75, 3.05) is 19.6 Å². The molecule has 6 nitrogen and oxygen atoms in total. The Kier molecular flexibility index (Phi) is 3.83. The highest BCUT2D eigenvalue weighted by Crippen LogP contribution is 2.20. The summed E-state index contributed by atoms with van der Waals surface area (Å²) in [7, 11) is 0. The fourth-order valence-corrected chi connectivity index (χ4v) is 3.09. The molecule has 1 aromatic carbocycles. The summed E-state index contributed by atoms with van der Waals surface area (Å²) in [5, 5.41) is 2.54. The molecule has 2 aliphatic heterocycles. The van der Waals surface area contributed by atoms with Gasteiger partial charge in [0.25, 0.3) is 5.91 Å². The molecule has 2 heterocycles. The number of nitrogens with zero attached hydrogens (tertiary/aromatic N) is 2. The second-order valence-corrected chi connectivity index (χ2v) is 5.82. The molecule has 2 fully saturated rings. The molecule has 3 rings (SSSR count). The normalized spacial score (nSPS) is 19.5. The molecule has 0 spiro atoms. The lowest BCUT2D eigenvalue weighted by atomic mass is 10.0. The number of likely N-dealkylation sites (tertiary alicyclic amines) is 1. The van der Waals surface area contributed by atoms with Gasteiger partial charge in [-0.05, 0) is 31.9 Å². The quantitative estimate of drug-likeness (QED) is 0.833. The third-order valence-electron chi connectivity index (χ3n) is 4.26. The van der Waals surface area contributed by atoms with Crippen molar-refractivity contribution in [3.05, 3.63) is 35.4 Å². The maximum Gasteiger partial charge on any atom is 0.324 e. The zero-order valence-electron chi connectivity index (χ0n) is 12.5. The van der Waals surface area contributed by atoms with E-state index in [0.29, 0.717) is 31.5 Å². The van der Waals surface area contributed by atoms with Crippen LogP contribution in [0.2, 0.25) is 0 Å². The zero-order valence-corrected chi connectivity index (χ0v) is 12.5. The topological polar surface area (TPSA) is 69.7 Å². The number of imide groups is 1. The van der Waals surface area contributed by atoms with Crippen molar-refractivity contribution in [1.82, 2.24) is 15.1 Å².